The molecule has 0 bridgehead atoms. The predicted molar refractivity (Wildman–Crippen MR) is 142 cm³/mol. The number of carbonyl (C=O) groups excluding carboxylic acids is 1. The monoisotopic (exact) mass is 538 g/mol. The van der Waals surface area contributed by atoms with Crippen LogP contribution in [0.3, 0.4) is 0 Å². The molecule has 0 saturated carbocycles. The zero-order valence-corrected chi connectivity index (χ0v) is 21.8. The molecule has 5 rings (SSSR count). The number of imidazole rings is 1. The molecule has 1 saturated heterocycles. The summed E-state index contributed by atoms with van der Waals surface area (Å²) in [4.78, 5) is 30.3. The van der Waals surface area contributed by atoms with E-state index in [0.29, 0.717) is 41.2 Å². The third-order valence-electron chi connectivity index (χ3n) is 6.82. The summed E-state index contributed by atoms with van der Waals surface area (Å²) in [5.74, 6) is -0.274. The van der Waals surface area contributed by atoms with Crippen LogP contribution in [0.4, 0.5) is 10.1 Å². The molecular weight excluding hydrogens is 511 g/mol. The van der Waals surface area contributed by atoms with Gasteiger partial charge in [-0.05, 0) is 48.9 Å². The molecule has 0 spiro atoms. The number of carbonyl (C=O) groups is 1. The molecule has 1 aliphatic rings. The lowest BCUT2D eigenvalue weighted by molar-refractivity contribution is -0.132. The lowest BCUT2D eigenvalue weighted by atomic mass is 10.2. The molecule has 0 N–H and O–H groups in total. The van der Waals surface area contributed by atoms with E-state index in [9.17, 15) is 22.4 Å². The van der Waals surface area contributed by atoms with Gasteiger partial charge in [0.1, 0.15) is 18.1 Å². The molecule has 198 valence electrons. The van der Waals surface area contributed by atoms with Crippen LogP contribution in [0.25, 0.3) is 11.0 Å². The van der Waals surface area contributed by atoms with Crippen LogP contribution in [0.1, 0.15) is 5.56 Å². The van der Waals surface area contributed by atoms with E-state index < -0.39 is 21.5 Å². The van der Waals surface area contributed by atoms with Crippen molar-refractivity contribution in [2.24, 2.45) is 0 Å². The van der Waals surface area contributed by atoms with Crippen LogP contribution in [0.2, 0.25) is 0 Å². The zero-order valence-electron chi connectivity index (χ0n) is 21.0. The Morgan fingerprint density at radius 2 is 1.61 bits per heavy atom. The van der Waals surface area contributed by atoms with Gasteiger partial charge in [-0.2, -0.15) is 3.97 Å². The molecule has 9 nitrogen and oxygen atoms in total. The van der Waals surface area contributed by atoms with E-state index in [2.05, 4.69) is 4.90 Å². The van der Waals surface area contributed by atoms with E-state index in [1.165, 1.54) is 19.1 Å². The first kappa shape index (κ1) is 25.5. The Hall–Kier alpha value is -4.12. The smallest absolute Gasteiger partial charge is 0.343 e. The molecule has 2 heterocycles. The van der Waals surface area contributed by atoms with E-state index >= 15 is 0 Å². The number of fused-ring (bicyclic) bond motifs is 1. The number of nitrogens with zero attached hydrogens (tertiary/aromatic N) is 4. The number of ether oxygens (including phenoxy) is 1. The summed E-state index contributed by atoms with van der Waals surface area (Å²) in [6.07, 6.45) is 0. The van der Waals surface area contributed by atoms with Crippen molar-refractivity contribution in [1.82, 2.24) is 13.4 Å². The largest absolute Gasteiger partial charge is 0.495 e. The topological polar surface area (TPSA) is 93.8 Å². The summed E-state index contributed by atoms with van der Waals surface area (Å²) >= 11 is 0. The van der Waals surface area contributed by atoms with Crippen molar-refractivity contribution in [2.75, 3.05) is 38.2 Å². The normalized spacial score (nSPS) is 14.2. The maximum atomic E-state index is 14.0. The predicted octanol–water partition coefficient (Wildman–Crippen LogP) is 2.84. The van der Waals surface area contributed by atoms with Crippen molar-refractivity contribution in [1.29, 1.82) is 0 Å². The number of hydrogen-bond acceptors (Lipinski definition) is 6. The average Bonchev–Trinajstić information content (AvgIpc) is 3.21. The van der Waals surface area contributed by atoms with Crippen LogP contribution in [-0.4, -0.2) is 61.1 Å². The minimum Gasteiger partial charge on any atom is -0.495 e. The lowest BCUT2D eigenvalue weighted by Crippen LogP contribution is -2.50. The average molecular weight is 539 g/mol. The molecule has 1 aromatic heterocycles. The first-order valence-corrected chi connectivity index (χ1v) is 13.5. The van der Waals surface area contributed by atoms with Gasteiger partial charge < -0.3 is 14.5 Å². The van der Waals surface area contributed by atoms with Crippen LogP contribution in [0, 0.1) is 12.7 Å². The number of para-hydroxylation sites is 4. The van der Waals surface area contributed by atoms with E-state index in [0.717, 1.165) is 28.1 Å². The van der Waals surface area contributed by atoms with Crippen molar-refractivity contribution >= 4 is 32.7 Å². The summed E-state index contributed by atoms with van der Waals surface area (Å²) < 4.78 is 48.3. The summed E-state index contributed by atoms with van der Waals surface area (Å²) in [7, 11) is -2.82. The molecule has 0 unspecified atom stereocenters. The first-order chi connectivity index (χ1) is 18.2. The molecule has 1 fully saturated rings. The van der Waals surface area contributed by atoms with Gasteiger partial charge in [-0.1, -0.05) is 30.3 Å². The fourth-order valence-corrected chi connectivity index (χ4v) is 6.49. The number of anilines is 1. The molecule has 4 aromatic rings. The molecule has 11 heteroatoms. The van der Waals surface area contributed by atoms with Crippen LogP contribution < -0.4 is 15.3 Å². The second kappa shape index (κ2) is 9.97. The highest BCUT2D eigenvalue weighted by molar-refractivity contribution is 7.90. The van der Waals surface area contributed by atoms with Gasteiger partial charge in [-0.15, -0.1) is 0 Å². The Kier molecular flexibility index (Phi) is 6.70. The van der Waals surface area contributed by atoms with Crippen molar-refractivity contribution in [3.8, 4) is 5.75 Å². The summed E-state index contributed by atoms with van der Waals surface area (Å²) in [6.45, 7) is 3.24. The van der Waals surface area contributed by atoms with Gasteiger partial charge >= 0.3 is 5.69 Å². The van der Waals surface area contributed by atoms with Gasteiger partial charge in [0.05, 0.1) is 28.7 Å². The van der Waals surface area contributed by atoms with Gasteiger partial charge in [0, 0.05) is 26.2 Å². The SMILES string of the molecule is COc1ccccc1N1CCN(C(=O)Cn2c(=O)n(S(=O)(=O)c3cc(F)ccc3C)c3ccccc32)CC1. The number of rotatable bonds is 6. The molecule has 38 heavy (non-hydrogen) atoms. The van der Waals surface area contributed by atoms with Crippen molar-refractivity contribution in [3.63, 3.8) is 0 Å². The highest BCUT2D eigenvalue weighted by Gasteiger charge is 2.29. The van der Waals surface area contributed by atoms with Crippen molar-refractivity contribution in [3.05, 3.63) is 88.6 Å². The van der Waals surface area contributed by atoms with Gasteiger partial charge in [0.15, 0.2) is 0 Å². The Balaban J connectivity index is 1.43. The molecule has 3 aromatic carbocycles. The number of aromatic nitrogens is 2. The second-order valence-corrected chi connectivity index (χ2v) is 10.8. The highest BCUT2D eigenvalue weighted by atomic mass is 32.2. The standard InChI is InChI=1S/C27H27FN4O5S/c1-19-11-12-20(28)17-25(19)38(35,36)32-22-8-4-3-7-21(22)31(27(32)34)18-26(33)30-15-13-29(14-16-30)23-9-5-6-10-24(23)37-2/h3-12,17H,13-16,18H2,1-2H3. The molecular formula is C27H27FN4O5S. The fourth-order valence-electron chi connectivity index (χ4n) is 4.84. The third-order valence-corrected chi connectivity index (χ3v) is 8.65. The van der Waals surface area contributed by atoms with Gasteiger partial charge in [0.2, 0.25) is 5.91 Å². The van der Waals surface area contributed by atoms with E-state index in [1.54, 1.807) is 30.2 Å². The number of hydrogen-bond donors (Lipinski definition) is 0. The molecule has 0 aliphatic carbocycles. The quantitative estimate of drug-likeness (QED) is 0.375. The van der Waals surface area contributed by atoms with Crippen LogP contribution in [0.5, 0.6) is 5.75 Å². The number of methoxy groups -OCH3 is 1. The Bertz CT molecular complexity index is 1690. The van der Waals surface area contributed by atoms with E-state index in [-0.39, 0.29) is 22.9 Å². The van der Waals surface area contributed by atoms with Crippen LogP contribution in [-0.2, 0) is 21.4 Å². The third kappa shape index (κ3) is 4.43. The van der Waals surface area contributed by atoms with Crippen LogP contribution >= 0.6 is 0 Å². The van der Waals surface area contributed by atoms with Crippen molar-refractivity contribution in [2.45, 2.75) is 18.4 Å². The zero-order chi connectivity index (χ0) is 27.0. The van der Waals surface area contributed by atoms with Gasteiger partial charge in [-0.25, -0.2) is 17.6 Å². The maximum Gasteiger partial charge on any atom is 0.343 e. The molecule has 0 atom stereocenters. The number of benzene rings is 3. The molecule has 0 radical (unpaired) electrons. The van der Waals surface area contributed by atoms with E-state index in [4.69, 9.17) is 4.74 Å². The number of halogens is 1. The minimum atomic E-state index is -4.43. The van der Waals surface area contributed by atoms with E-state index in [1.807, 2.05) is 24.3 Å². The fraction of sp³-hybridized carbons (Fsp3) is 0.259. The van der Waals surface area contributed by atoms with Crippen LogP contribution in [0.15, 0.2) is 76.4 Å². The molecule has 1 aliphatic heterocycles. The minimum absolute atomic E-state index is 0.120. The number of piperazine rings is 1. The summed E-state index contributed by atoms with van der Waals surface area (Å²) in [6, 6.07) is 17.4. The van der Waals surface area contributed by atoms with Gasteiger partial charge in [-0.3, -0.25) is 9.36 Å². The Labute approximate surface area is 219 Å². The Morgan fingerprint density at radius 3 is 2.32 bits per heavy atom. The Morgan fingerprint density at radius 1 is 0.947 bits per heavy atom. The summed E-state index contributed by atoms with van der Waals surface area (Å²) in [5, 5.41) is 0. The highest BCUT2D eigenvalue weighted by Crippen LogP contribution is 2.28. The number of amides is 1. The second-order valence-electron chi connectivity index (χ2n) is 9.08. The van der Waals surface area contributed by atoms with Gasteiger partial charge in [0.25, 0.3) is 10.0 Å². The lowest BCUT2D eigenvalue weighted by Gasteiger charge is -2.36. The summed E-state index contributed by atoms with van der Waals surface area (Å²) in [5.41, 5.74) is 0.792. The molecule has 1 amide bonds. The number of aryl methyl sites for hydroxylation is 1. The first-order valence-electron chi connectivity index (χ1n) is 12.1. The van der Waals surface area contributed by atoms with Crippen molar-refractivity contribution < 1.29 is 22.3 Å². The maximum absolute atomic E-state index is 14.0.